The summed E-state index contributed by atoms with van der Waals surface area (Å²) in [6, 6.07) is 3.81. The first-order valence-electron chi connectivity index (χ1n) is 8.12. The van der Waals surface area contributed by atoms with Gasteiger partial charge in [0.05, 0.1) is 5.56 Å². The van der Waals surface area contributed by atoms with E-state index in [1.54, 1.807) is 24.5 Å². The normalized spacial score (nSPS) is 22.5. The molecule has 1 unspecified atom stereocenters. The number of carbonyl (C=O) groups excluding carboxylic acids is 2. The fraction of sp³-hybridized carbons (Fsp3) is 0.588. The first-order chi connectivity index (χ1) is 11.1. The molecule has 1 aromatic heterocycles. The summed E-state index contributed by atoms with van der Waals surface area (Å²) in [6.07, 6.45) is 7.31. The number of hydrogen-bond acceptors (Lipinski definition) is 4. The zero-order valence-electron chi connectivity index (χ0n) is 13.5. The minimum absolute atomic E-state index is 0.0484. The Labute approximate surface area is 136 Å². The highest BCUT2D eigenvalue weighted by molar-refractivity contribution is 5.93. The molecule has 0 aromatic carbocycles. The maximum Gasteiger partial charge on any atom is 0.255 e. The fourth-order valence-electron chi connectivity index (χ4n) is 3.71. The van der Waals surface area contributed by atoms with Crippen molar-refractivity contribution < 1.29 is 14.3 Å². The molecular weight excluding hydrogens is 294 g/mol. The molecule has 1 aliphatic carbocycles. The monoisotopic (exact) mass is 317 g/mol. The quantitative estimate of drug-likeness (QED) is 0.906. The zero-order chi connectivity index (χ0) is 16.3. The van der Waals surface area contributed by atoms with Crippen LogP contribution in [-0.2, 0) is 9.53 Å². The first kappa shape index (κ1) is 15.9. The third kappa shape index (κ3) is 3.22. The highest BCUT2D eigenvalue weighted by atomic mass is 16.5. The number of pyridine rings is 1. The van der Waals surface area contributed by atoms with Crippen LogP contribution in [-0.4, -0.2) is 54.5 Å². The lowest BCUT2D eigenvalue weighted by molar-refractivity contribution is -0.129. The van der Waals surface area contributed by atoms with Crippen molar-refractivity contribution in [3.05, 3.63) is 30.1 Å². The molecule has 23 heavy (non-hydrogen) atoms. The highest BCUT2D eigenvalue weighted by Crippen LogP contribution is 2.49. The van der Waals surface area contributed by atoms with Gasteiger partial charge in [0.2, 0.25) is 5.91 Å². The summed E-state index contributed by atoms with van der Waals surface area (Å²) in [5.41, 5.74) is 0.803. The second-order valence-electron chi connectivity index (χ2n) is 6.49. The number of nitrogens with zero attached hydrogens (tertiary/aromatic N) is 2. The summed E-state index contributed by atoms with van der Waals surface area (Å²) >= 11 is 0. The molecule has 2 fully saturated rings. The molecule has 1 N–H and O–H groups in total. The number of methoxy groups -OCH3 is 1. The van der Waals surface area contributed by atoms with Crippen molar-refractivity contribution in [3.63, 3.8) is 0 Å². The van der Waals surface area contributed by atoms with Gasteiger partial charge in [0.15, 0.2) is 0 Å². The van der Waals surface area contributed by atoms with E-state index in [2.05, 4.69) is 10.3 Å². The van der Waals surface area contributed by atoms with Gasteiger partial charge in [-0.05, 0) is 43.2 Å². The van der Waals surface area contributed by atoms with Crippen LogP contribution in [0.15, 0.2) is 24.5 Å². The average molecular weight is 317 g/mol. The van der Waals surface area contributed by atoms with Gasteiger partial charge in [-0.25, -0.2) is 0 Å². The van der Waals surface area contributed by atoms with Crippen LogP contribution in [0.25, 0.3) is 0 Å². The maximum atomic E-state index is 12.5. The smallest absolute Gasteiger partial charge is 0.255 e. The number of nitrogens with one attached hydrogen (secondary N) is 1. The lowest BCUT2D eigenvalue weighted by Gasteiger charge is -2.54. The predicted molar refractivity (Wildman–Crippen MR) is 84.8 cm³/mol. The number of piperidine rings is 1. The van der Waals surface area contributed by atoms with Crippen LogP contribution in [0.3, 0.4) is 0 Å². The third-order valence-corrected chi connectivity index (χ3v) is 5.24. The third-order valence-electron chi connectivity index (χ3n) is 5.24. The summed E-state index contributed by atoms with van der Waals surface area (Å²) in [6.45, 7) is 1.59. The summed E-state index contributed by atoms with van der Waals surface area (Å²) in [5.74, 6) is -0.00215. The molecule has 1 aromatic rings. The average Bonchev–Trinajstić information content (AvgIpc) is 2.59. The van der Waals surface area contributed by atoms with Gasteiger partial charge >= 0.3 is 0 Å². The summed E-state index contributed by atoms with van der Waals surface area (Å²) in [5, 5.41) is 3.08. The molecule has 0 radical (unpaired) electrons. The summed E-state index contributed by atoms with van der Waals surface area (Å²) in [7, 11) is 1.53. The Morgan fingerprint density at radius 1 is 1.39 bits per heavy atom. The van der Waals surface area contributed by atoms with E-state index in [0.29, 0.717) is 5.56 Å². The lowest BCUT2D eigenvalue weighted by atomic mass is 9.59. The number of likely N-dealkylation sites (tertiary alicyclic amines) is 1. The molecule has 3 rings (SSSR count). The minimum atomic E-state index is -0.0505. The Hall–Kier alpha value is -1.95. The van der Waals surface area contributed by atoms with Gasteiger partial charge in [-0.15, -0.1) is 0 Å². The minimum Gasteiger partial charge on any atom is -0.375 e. The van der Waals surface area contributed by atoms with Crippen LogP contribution < -0.4 is 5.32 Å². The largest absolute Gasteiger partial charge is 0.375 e. The van der Waals surface area contributed by atoms with Crippen LogP contribution in [0.2, 0.25) is 0 Å². The van der Waals surface area contributed by atoms with E-state index >= 15 is 0 Å². The molecule has 2 amide bonds. The number of aromatic nitrogens is 1. The number of carbonyl (C=O) groups is 2. The van der Waals surface area contributed by atoms with Crippen LogP contribution in [0.5, 0.6) is 0 Å². The molecule has 1 atom stereocenters. The highest BCUT2D eigenvalue weighted by Gasteiger charge is 2.49. The van der Waals surface area contributed by atoms with Crippen LogP contribution in [0.4, 0.5) is 0 Å². The van der Waals surface area contributed by atoms with Gasteiger partial charge in [0.25, 0.3) is 5.91 Å². The van der Waals surface area contributed by atoms with Crippen LogP contribution in [0.1, 0.15) is 36.0 Å². The lowest BCUT2D eigenvalue weighted by Crippen LogP contribution is -2.60. The van der Waals surface area contributed by atoms with Crippen LogP contribution >= 0.6 is 0 Å². The Balaban J connectivity index is 1.56. The van der Waals surface area contributed by atoms with Crippen LogP contribution in [0, 0.1) is 5.41 Å². The Morgan fingerprint density at radius 3 is 2.74 bits per heavy atom. The van der Waals surface area contributed by atoms with Crippen molar-refractivity contribution in [1.82, 2.24) is 15.2 Å². The van der Waals surface area contributed by atoms with Crippen molar-refractivity contribution in [2.45, 2.75) is 31.7 Å². The van der Waals surface area contributed by atoms with E-state index in [1.807, 2.05) is 4.90 Å². The first-order valence-corrected chi connectivity index (χ1v) is 8.12. The van der Waals surface area contributed by atoms with E-state index in [0.717, 1.165) is 38.8 Å². The molecule has 2 aliphatic rings. The molecule has 0 bridgehead atoms. The van der Waals surface area contributed by atoms with Crippen molar-refractivity contribution in [2.75, 3.05) is 26.8 Å². The molecule has 6 nitrogen and oxygen atoms in total. The topological polar surface area (TPSA) is 71.5 Å². The van der Waals surface area contributed by atoms with E-state index in [4.69, 9.17) is 4.74 Å². The van der Waals surface area contributed by atoms with Crippen molar-refractivity contribution in [1.29, 1.82) is 0 Å². The van der Waals surface area contributed by atoms with Crippen molar-refractivity contribution >= 4 is 11.8 Å². The van der Waals surface area contributed by atoms with Gasteiger partial charge in [-0.1, -0.05) is 0 Å². The Morgan fingerprint density at radius 2 is 2.17 bits per heavy atom. The molecular formula is C17H23N3O3. The summed E-state index contributed by atoms with van der Waals surface area (Å²) in [4.78, 5) is 30.1. The predicted octanol–water partition coefficient (Wildman–Crippen LogP) is 1.23. The Kier molecular flexibility index (Phi) is 4.61. The second-order valence-corrected chi connectivity index (χ2v) is 6.49. The molecule has 1 aliphatic heterocycles. The van der Waals surface area contributed by atoms with Gasteiger partial charge in [0.1, 0.15) is 6.61 Å². The van der Waals surface area contributed by atoms with Crippen molar-refractivity contribution in [3.8, 4) is 0 Å². The Bertz CT molecular complexity index is 568. The van der Waals surface area contributed by atoms with Gasteiger partial charge in [-0.2, -0.15) is 0 Å². The summed E-state index contributed by atoms with van der Waals surface area (Å²) < 4.78 is 4.88. The van der Waals surface area contributed by atoms with Gasteiger partial charge in [-0.3, -0.25) is 14.6 Å². The molecule has 124 valence electrons. The van der Waals surface area contributed by atoms with E-state index < -0.39 is 0 Å². The fourth-order valence-corrected chi connectivity index (χ4v) is 3.71. The SMILES string of the molecule is COCC(=O)NC1CCC12CCN(C(=O)c1cccnc1)CC2. The standard InChI is InChI=1S/C17H23N3O3/c1-23-12-15(21)19-14-4-5-17(14)6-9-20(10-7-17)16(22)13-3-2-8-18-11-13/h2-3,8,11,14H,4-7,9-10,12H2,1H3,(H,19,21). The van der Waals surface area contributed by atoms with Gasteiger partial charge in [0, 0.05) is 38.6 Å². The van der Waals surface area contributed by atoms with Gasteiger partial charge < -0.3 is 15.0 Å². The number of amides is 2. The van der Waals surface area contributed by atoms with E-state index in [-0.39, 0.29) is 29.9 Å². The molecule has 1 spiro atoms. The van der Waals surface area contributed by atoms with E-state index in [9.17, 15) is 9.59 Å². The number of rotatable bonds is 4. The number of hydrogen-bond donors (Lipinski definition) is 1. The number of ether oxygens (including phenoxy) is 1. The van der Waals surface area contributed by atoms with E-state index in [1.165, 1.54) is 7.11 Å². The molecule has 1 saturated heterocycles. The molecule has 1 saturated carbocycles. The zero-order valence-corrected chi connectivity index (χ0v) is 13.5. The van der Waals surface area contributed by atoms with Crippen molar-refractivity contribution in [2.24, 2.45) is 5.41 Å². The maximum absolute atomic E-state index is 12.5. The molecule has 6 heteroatoms. The second kappa shape index (κ2) is 6.66. The molecule has 2 heterocycles.